The van der Waals surface area contributed by atoms with E-state index in [0.29, 0.717) is 0 Å². The second-order valence-electron chi connectivity index (χ2n) is 3.83. The van der Waals surface area contributed by atoms with Crippen molar-refractivity contribution in [1.82, 2.24) is 5.32 Å². The van der Waals surface area contributed by atoms with Gasteiger partial charge in [-0.1, -0.05) is 12.1 Å². The Labute approximate surface area is 126 Å². The number of esters is 1. The van der Waals surface area contributed by atoms with Crippen molar-refractivity contribution in [2.24, 2.45) is 0 Å². The van der Waals surface area contributed by atoms with E-state index < -0.39 is 31.2 Å². The van der Waals surface area contributed by atoms with Crippen LogP contribution in [0.5, 0.6) is 5.75 Å². The highest BCUT2D eigenvalue weighted by molar-refractivity contribution is 5.93. The highest BCUT2D eigenvalue weighted by Gasteiger charge is 2.12. The van der Waals surface area contributed by atoms with Crippen LogP contribution in [0.2, 0.25) is 0 Å². The molecule has 0 aromatic heterocycles. The van der Waals surface area contributed by atoms with Crippen LogP contribution in [0.1, 0.15) is 12.5 Å². The van der Waals surface area contributed by atoms with Crippen LogP contribution in [0.4, 0.5) is 4.79 Å². The predicted octanol–water partition coefficient (Wildman–Crippen LogP) is 0.753. The summed E-state index contributed by atoms with van der Waals surface area (Å²) in [5.41, 5.74) is 0.273. The van der Waals surface area contributed by atoms with E-state index in [9.17, 15) is 14.4 Å². The van der Waals surface area contributed by atoms with Gasteiger partial charge in [0.05, 0.1) is 12.2 Å². The maximum Gasteiger partial charge on any atom is 0.413 e. The minimum absolute atomic E-state index is 0.116. The SMILES string of the molecule is CCOC(=O)NC(=O)COC(=O)COc1ccccc1C#N. The Balaban J connectivity index is 2.34. The molecule has 1 aromatic rings. The number of imide groups is 1. The zero-order chi connectivity index (χ0) is 16.4. The summed E-state index contributed by atoms with van der Waals surface area (Å²) in [4.78, 5) is 33.6. The van der Waals surface area contributed by atoms with Crippen LogP contribution >= 0.6 is 0 Å². The number of nitrogens with zero attached hydrogens (tertiary/aromatic N) is 1. The van der Waals surface area contributed by atoms with E-state index in [2.05, 4.69) is 9.47 Å². The summed E-state index contributed by atoms with van der Waals surface area (Å²) in [5, 5.41) is 10.7. The molecule has 1 rings (SSSR count). The van der Waals surface area contributed by atoms with Gasteiger partial charge < -0.3 is 14.2 Å². The van der Waals surface area contributed by atoms with E-state index >= 15 is 0 Å². The summed E-state index contributed by atoms with van der Waals surface area (Å²) in [6.07, 6.45) is -0.914. The third-order valence-corrected chi connectivity index (χ3v) is 2.23. The number of para-hydroxylation sites is 1. The van der Waals surface area contributed by atoms with Gasteiger partial charge in [-0.05, 0) is 19.1 Å². The van der Waals surface area contributed by atoms with Crippen LogP contribution in [0.3, 0.4) is 0 Å². The minimum atomic E-state index is -0.914. The van der Waals surface area contributed by atoms with Crippen molar-refractivity contribution in [2.45, 2.75) is 6.92 Å². The fraction of sp³-hybridized carbons (Fsp3) is 0.286. The van der Waals surface area contributed by atoms with E-state index in [0.717, 1.165) is 0 Å². The summed E-state index contributed by atoms with van der Waals surface area (Å²) in [7, 11) is 0. The third-order valence-electron chi connectivity index (χ3n) is 2.23. The molecule has 1 N–H and O–H groups in total. The molecule has 0 saturated carbocycles. The first-order chi connectivity index (χ1) is 10.6. The smallest absolute Gasteiger partial charge is 0.413 e. The number of amides is 2. The number of hydrogen-bond donors (Lipinski definition) is 1. The van der Waals surface area contributed by atoms with Gasteiger partial charge >= 0.3 is 12.1 Å². The number of benzene rings is 1. The lowest BCUT2D eigenvalue weighted by Gasteiger charge is -2.08. The quantitative estimate of drug-likeness (QED) is 0.771. The van der Waals surface area contributed by atoms with E-state index in [1.807, 2.05) is 11.4 Å². The fourth-order valence-corrected chi connectivity index (χ4v) is 1.33. The van der Waals surface area contributed by atoms with Crippen LogP contribution in [0.25, 0.3) is 0 Å². The monoisotopic (exact) mass is 306 g/mol. The number of nitrogens with one attached hydrogen (secondary N) is 1. The Morgan fingerprint density at radius 1 is 1.18 bits per heavy atom. The highest BCUT2D eigenvalue weighted by atomic mass is 16.6. The number of ether oxygens (including phenoxy) is 3. The average Bonchev–Trinajstić information content (AvgIpc) is 2.51. The molecule has 0 bridgehead atoms. The zero-order valence-electron chi connectivity index (χ0n) is 11.8. The van der Waals surface area contributed by atoms with Gasteiger partial charge in [-0.3, -0.25) is 10.1 Å². The topological polar surface area (TPSA) is 115 Å². The summed E-state index contributed by atoms with van der Waals surface area (Å²) in [6.45, 7) is 0.595. The lowest BCUT2D eigenvalue weighted by molar-refractivity contribution is -0.150. The molecule has 8 nitrogen and oxygen atoms in total. The average molecular weight is 306 g/mol. The zero-order valence-corrected chi connectivity index (χ0v) is 11.8. The Bertz CT molecular complexity index is 593. The summed E-state index contributed by atoms with van der Waals surface area (Å²) < 4.78 is 14.2. The summed E-state index contributed by atoms with van der Waals surface area (Å²) >= 11 is 0. The number of carbonyl (C=O) groups excluding carboxylic acids is 3. The lowest BCUT2D eigenvalue weighted by Crippen LogP contribution is -2.35. The van der Waals surface area contributed by atoms with Gasteiger partial charge in [-0.25, -0.2) is 9.59 Å². The lowest BCUT2D eigenvalue weighted by atomic mass is 10.2. The molecule has 0 radical (unpaired) electrons. The van der Waals surface area contributed by atoms with Crippen LogP contribution in [0.15, 0.2) is 24.3 Å². The molecular formula is C14H14N2O6. The number of rotatable bonds is 6. The summed E-state index contributed by atoms with van der Waals surface area (Å²) in [6, 6.07) is 8.28. The number of alkyl carbamates (subject to hydrolysis) is 1. The van der Waals surface area contributed by atoms with Gasteiger partial charge in [-0.2, -0.15) is 5.26 Å². The molecule has 0 aliphatic heterocycles. The first-order valence-corrected chi connectivity index (χ1v) is 6.31. The van der Waals surface area contributed by atoms with Crippen molar-refractivity contribution in [3.8, 4) is 11.8 Å². The molecule has 0 atom stereocenters. The van der Waals surface area contributed by atoms with Crippen LogP contribution in [-0.4, -0.2) is 37.8 Å². The molecule has 0 aliphatic carbocycles. The number of carbonyl (C=O) groups is 3. The maximum absolute atomic E-state index is 11.4. The molecule has 8 heteroatoms. The Morgan fingerprint density at radius 2 is 1.91 bits per heavy atom. The van der Waals surface area contributed by atoms with Crippen molar-refractivity contribution in [3.63, 3.8) is 0 Å². The first-order valence-electron chi connectivity index (χ1n) is 6.31. The van der Waals surface area contributed by atoms with Crippen LogP contribution in [-0.2, 0) is 19.1 Å². The van der Waals surface area contributed by atoms with E-state index in [4.69, 9.17) is 10.00 Å². The normalized spacial score (nSPS) is 9.27. The first kappa shape index (κ1) is 17.0. The van der Waals surface area contributed by atoms with Gasteiger partial charge in [0.15, 0.2) is 13.2 Å². The molecule has 0 fully saturated rings. The molecule has 0 heterocycles. The van der Waals surface area contributed by atoms with Gasteiger partial charge in [-0.15, -0.1) is 0 Å². The molecule has 116 valence electrons. The number of nitriles is 1. The predicted molar refractivity (Wildman–Crippen MR) is 72.8 cm³/mol. The van der Waals surface area contributed by atoms with Crippen LogP contribution < -0.4 is 10.1 Å². The molecule has 0 aliphatic rings. The van der Waals surface area contributed by atoms with Gasteiger partial charge in [0.1, 0.15) is 11.8 Å². The minimum Gasteiger partial charge on any atom is -0.481 e. The maximum atomic E-state index is 11.4. The largest absolute Gasteiger partial charge is 0.481 e. The van der Waals surface area contributed by atoms with E-state index in [-0.39, 0.29) is 17.9 Å². The van der Waals surface area contributed by atoms with E-state index in [1.54, 1.807) is 19.1 Å². The van der Waals surface area contributed by atoms with Crippen molar-refractivity contribution in [2.75, 3.05) is 19.8 Å². The van der Waals surface area contributed by atoms with Crippen molar-refractivity contribution >= 4 is 18.0 Å². The van der Waals surface area contributed by atoms with Gasteiger partial charge in [0, 0.05) is 0 Å². The molecule has 22 heavy (non-hydrogen) atoms. The van der Waals surface area contributed by atoms with Crippen molar-refractivity contribution in [1.29, 1.82) is 5.26 Å². The second kappa shape index (κ2) is 8.97. The molecular weight excluding hydrogens is 292 g/mol. The third kappa shape index (κ3) is 5.92. The second-order valence-corrected chi connectivity index (χ2v) is 3.83. The standard InChI is InChI=1S/C14H14N2O6/c1-2-20-14(19)16-12(17)8-22-13(18)9-21-11-6-4-3-5-10(11)7-15/h3-6H,2,8-9H2,1H3,(H,16,17,19). The van der Waals surface area contributed by atoms with Crippen molar-refractivity contribution in [3.05, 3.63) is 29.8 Å². The van der Waals surface area contributed by atoms with Gasteiger partial charge in [0.25, 0.3) is 5.91 Å². The summed E-state index contributed by atoms with van der Waals surface area (Å²) in [5.74, 6) is -1.39. The van der Waals surface area contributed by atoms with E-state index in [1.165, 1.54) is 12.1 Å². The van der Waals surface area contributed by atoms with Gasteiger partial charge in [0.2, 0.25) is 0 Å². The fourth-order valence-electron chi connectivity index (χ4n) is 1.33. The highest BCUT2D eigenvalue weighted by Crippen LogP contribution is 2.16. The molecule has 0 saturated heterocycles. The Morgan fingerprint density at radius 3 is 2.59 bits per heavy atom. The molecule has 2 amide bonds. The molecule has 1 aromatic carbocycles. The molecule has 0 spiro atoms. The molecule has 0 unspecified atom stereocenters. The van der Waals surface area contributed by atoms with Crippen molar-refractivity contribution < 1.29 is 28.6 Å². The van der Waals surface area contributed by atoms with Crippen LogP contribution in [0, 0.1) is 11.3 Å². The Hall–Kier alpha value is -3.08. The number of hydrogen-bond acceptors (Lipinski definition) is 7. The Kier molecular flexibility index (Phi) is 6.92.